The second-order valence-corrected chi connectivity index (χ2v) is 7.06. The monoisotopic (exact) mass is 283 g/mol. The van der Waals surface area contributed by atoms with Crippen LogP contribution in [0.4, 0.5) is 0 Å². The Morgan fingerprint density at radius 3 is 2.84 bits per heavy atom. The molecule has 1 aliphatic rings. The van der Waals surface area contributed by atoms with E-state index >= 15 is 0 Å². The topological polar surface area (TPSA) is 83.5 Å². The lowest BCUT2D eigenvalue weighted by Gasteiger charge is -2.22. The van der Waals surface area contributed by atoms with E-state index in [2.05, 4.69) is 5.32 Å². The van der Waals surface area contributed by atoms with Crippen molar-refractivity contribution >= 4 is 15.8 Å². The Kier molecular flexibility index (Phi) is 4.21. The number of carboxylic acid groups (broad SMARTS) is 1. The number of aromatic carboxylic acids is 1. The number of piperidine rings is 1. The molecule has 1 aromatic carbocycles. The zero-order valence-electron chi connectivity index (χ0n) is 10.5. The molecule has 1 fully saturated rings. The predicted molar refractivity (Wildman–Crippen MR) is 71.9 cm³/mol. The third-order valence-electron chi connectivity index (χ3n) is 3.30. The second-order valence-electron chi connectivity index (χ2n) is 4.78. The van der Waals surface area contributed by atoms with Gasteiger partial charge in [-0.3, -0.25) is 0 Å². The van der Waals surface area contributed by atoms with Gasteiger partial charge in [-0.05, 0) is 37.1 Å². The van der Waals surface area contributed by atoms with Crippen LogP contribution in [-0.4, -0.2) is 37.8 Å². The van der Waals surface area contributed by atoms with E-state index in [1.807, 2.05) is 0 Å². The van der Waals surface area contributed by atoms with Crippen molar-refractivity contribution in [1.82, 2.24) is 5.32 Å². The van der Waals surface area contributed by atoms with E-state index in [0.717, 1.165) is 13.0 Å². The highest BCUT2D eigenvalue weighted by Crippen LogP contribution is 2.18. The van der Waals surface area contributed by atoms with Gasteiger partial charge in [0.1, 0.15) is 0 Å². The van der Waals surface area contributed by atoms with Crippen LogP contribution in [0.2, 0.25) is 0 Å². The van der Waals surface area contributed by atoms with Crippen LogP contribution in [0.3, 0.4) is 0 Å². The smallest absolute Gasteiger partial charge is 0.335 e. The van der Waals surface area contributed by atoms with E-state index in [-0.39, 0.29) is 16.6 Å². The van der Waals surface area contributed by atoms with Gasteiger partial charge in [0.15, 0.2) is 9.84 Å². The first-order chi connectivity index (χ1) is 8.99. The van der Waals surface area contributed by atoms with Gasteiger partial charge in [-0.25, -0.2) is 13.2 Å². The van der Waals surface area contributed by atoms with E-state index < -0.39 is 15.8 Å². The maximum absolute atomic E-state index is 12.2. The van der Waals surface area contributed by atoms with Crippen molar-refractivity contribution < 1.29 is 18.3 Å². The zero-order valence-corrected chi connectivity index (χ0v) is 11.3. The molecule has 1 saturated heterocycles. The number of benzene rings is 1. The van der Waals surface area contributed by atoms with Crippen molar-refractivity contribution in [3.63, 3.8) is 0 Å². The first-order valence-corrected chi connectivity index (χ1v) is 7.95. The summed E-state index contributed by atoms with van der Waals surface area (Å²) in [5.74, 6) is -1.14. The van der Waals surface area contributed by atoms with Crippen LogP contribution in [0.25, 0.3) is 0 Å². The summed E-state index contributed by atoms with van der Waals surface area (Å²) in [6.07, 6.45) is 1.53. The van der Waals surface area contributed by atoms with Gasteiger partial charge in [-0.15, -0.1) is 0 Å². The largest absolute Gasteiger partial charge is 0.478 e. The molecule has 0 amide bonds. The third-order valence-corrected chi connectivity index (χ3v) is 5.46. The lowest BCUT2D eigenvalue weighted by Crippen LogP contribution is -2.39. The van der Waals surface area contributed by atoms with Gasteiger partial charge in [-0.1, -0.05) is 12.1 Å². The molecule has 2 N–H and O–H groups in total. The van der Waals surface area contributed by atoms with Crippen molar-refractivity contribution in [3.8, 4) is 0 Å². The second kappa shape index (κ2) is 5.71. The predicted octanol–water partition coefficient (Wildman–Crippen LogP) is 1.05. The van der Waals surface area contributed by atoms with Crippen LogP contribution in [-0.2, 0) is 15.6 Å². The van der Waals surface area contributed by atoms with E-state index in [1.165, 1.54) is 12.1 Å². The maximum Gasteiger partial charge on any atom is 0.335 e. The van der Waals surface area contributed by atoms with Gasteiger partial charge in [0.25, 0.3) is 0 Å². The summed E-state index contributed by atoms with van der Waals surface area (Å²) in [6, 6.07) is 6.12. The molecular formula is C13H17NO4S. The number of rotatable bonds is 4. The lowest BCUT2D eigenvalue weighted by molar-refractivity contribution is 0.0696. The molecule has 0 radical (unpaired) electrons. The number of carbonyl (C=O) groups is 1. The minimum absolute atomic E-state index is 0.0968. The van der Waals surface area contributed by atoms with Crippen molar-refractivity contribution in [2.24, 2.45) is 0 Å². The molecule has 1 aromatic rings. The van der Waals surface area contributed by atoms with Crippen molar-refractivity contribution in [2.45, 2.75) is 23.8 Å². The molecule has 1 unspecified atom stereocenters. The fourth-order valence-corrected chi connectivity index (χ4v) is 4.05. The number of carboxylic acids is 1. The normalized spacial score (nSPS) is 20.1. The molecule has 1 atom stereocenters. The molecular weight excluding hydrogens is 266 g/mol. The van der Waals surface area contributed by atoms with Gasteiger partial charge in [0, 0.05) is 6.54 Å². The minimum Gasteiger partial charge on any atom is -0.478 e. The Labute approximate surface area is 112 Å². The Morgan fingerprint density at radius 1 is 1.42 bits per heavy atom. The van der Waals surface area contributed by atoms with E-state index in [4.69, 9.17) is 5.11 Å². The van der Waals surface area contributed by atoms with Crippen molar-refractivity contribution in [2.75, 3.05) is 13.1 Å². The molecule has 6 heteroatoms. The third kappa shape index (κ3) is 3.54. The highest BCUT2D eigenvalue weighted by atomic mass is 32.2. The SMILES string of the molecule is O=C(O)c1cccc(CS(=O)(=O)C2CCCNC2)c1. The Bertz CT molecular complexity index is 562. The van der Waals surface area contributed by atoms with E-state index in [1.54, 1.807) is 12.1 Å². The number of sulfone groups is 1. The van der Waals surface area contributed by atoms with Crippen LogP contribution in [0.15, 0.2) is 24.3 Å². The highest BCUT2D eigenvalue weighted by Gasteiger charge is 2.27. The first-order valence-electron chi connectivity index (χ1n) is 6.23. The van der Waals surface area contributed by atoms with Crippen LogP contribution < -0.4 is 5.32 Å². The minimum atomic E-state index is -3.23. The quantitative estimate of drug-likeness (QED) is 0.863. The Morgan fingerprint density at radius 2 is 2.21 bits per heavy atom. The van der Waals surface area contributed by atoms with Gasteiger partial charge in [0.2, 0.25) is 0 Å². The summed E-state index contributed by atoms with van der Waals surface area (Å²) in [5.41, 5.74) is 0.653. The number of hydrogen-bond acceptors (Lipinski definition) is 4. The summed E-state index contributed by atoms with van der Waals surface area (Å²) < 4.78 is 24.5. The van der Waals surface area contributed by atoms with Gasteiger partial charge in [-0.2, -0.15) is 0 Å². The van der Waals surface area contributed by atoms with Crippen LogP contribution in [0.5, 0.6) is 0 Å². The molecule has 104 valence electrons. The van der Waals surface area contributed by atoms with E-state index in [0.29, 0.717) is 18.5 Å². The average Bonchev–Trinajstić information content (AvgIpc) is 2.39. The van der Waals surface area contributed by atoms with Crippen LogP contribution in [0, 0.1) is 0 Å². The fourth-order valence-electron chi connectivity index (χ4n) is 2.27. The van der Waals surface area contributed by atoms with E-state index in [9.17, 15) is 13.2 Å². The zero-order chi connectivity index (χ0) is 13.9. The van der Waals surface area contributed by atoms with Crippen LogP contribution >= 0.6 is 0 Å². The van der Waals surface area contributed by atoms with Gasteiger partial charge in [0.05, 0.1) is 16.6 Å². The molecule has 0 spiro atoms. The summed E-state index contributed by atoms with van der Waals surface area (Å²) in [6.45, 7) is 1.35. The molecule has 2 rings (SSSR count). The van der Waals surface area contributed by atoms with Gasteiger partial charge < -0.3 is 10.4 Å². The molecule has 5 nitrogen and oxygen atoms in total. The lowest BCUT2D eigenvalue weighted by atomic mass is 10.1. The Balaban J connectivity index is 2.15. The van der Waals surface area contributed by atoms with Crippen molar-refractivity contribution in [3.05, 3.63) is 35.4 Å². The first kappa shape index (κ1) is 14.0. The molecule has 1 aliphatic heterocycles. The number of nitrogens with one attached hydrogen (secondary N) is 1. The Hall–Kier alpha value is -1.40. The highest BCUT2D eigenvalue weighted by molar-refractivity contribution is 7.91. The summed E-state index contributed by atoms with van der Waals surface area (Å²) in [7, 11) is -3.23. The molecule has 0 aromatic heterocycles. The summed E-state index contributed by atoms with van der Waals surface area (Å²) in [5, 5.41) is 11.6. The van der Waals surface area contributed by atoms with Crippen molar-refractivity contribution in [1.29, 1.82) is 0 Å². The molecule has 0 bridgehead atoms. The molecule has 1 heterocycles. The van der Waals surface area contributed by atoms with Gasteiger partial charge >= 0.3 is 5.97 Å². The van der Waals surface area contributed by atoms with Crippen LogP contribution in [0.1, 0.15) is 28.8 Å². The summed E-state index contributed by atoms with van der Waals surface area (Å²) >= 11 is 0. The average molecular weight is 283 g/mol. The summed E-state index contributed by atoms with van der Waals surface area (Å²) in [4.78, 5) is 10.9. The molecule has 0 saturated carbocycles. The fraction of sp³-hybridized carbons (Fsp3) is 0.462. The number of hydrogen-bond donors (Lipinski definition) is 2. The standard InChI is InChI=1S/C13H17NO4S/c15-13(16)11-4-1-3-10(7-11)9-19(17,18)12-5-2-6-14-8-12/h1,3-4,7,12,14H,2,5-6,8-9H2,(H,15,16). The molecule has 0 aliphatic carbocycles. The molecule has 19 heavy (non-hydrogen) atoms. The maximum atomic E-state index is 12.2.